The van der Waals surface area contributed by atoms with Crippen molar-refractivity contribution in [1.29, 1.82) is 0 Å². The van der Waals surface area contributed by atoms with Gasteiger partial charge in [-0.1, -0.05) is 12.1 Å². The van der Waals surface area contributed by atoms with Crippen molar-refractivity contribution in [1.82, 2.24) is 15.0 Å². The molecule has 1 N–H and O–H groups in total. The van der Waals surface area contributed by atoms with Gasteiger partial charge in [-0.05, 0) is 36.4 Å². The first-order chi connectivity index (χ1) is 10.3. The van der Waals surface area contributed by atoms with E-state index in [4.69, 9.17) is 5.11 Å². The molecule has 3 heterocycles. The largest absolute Gasteiger partial charge is 0.477 e. The molecule has 5 nitrogen and oxygen atoms in total. The molecule has 0 radical (unpaired) electrons. The van der Waals surface area contributed by atoms with Crippen LogP contribution in [0.25, 0.3) is 22.6 Å². The summed E-state index contributed by atoms with van der Waals surface area (Å²) >= 11 is 0. The molecular weight excluding hydrogens is 266 g/mol. The van der Waals surface area contributed by atoms with E-state index in [-0.39, 0.29) is 5.69 Å². The SMILES string of the molecule is O=C(O)c1cccc(-c2ncccc2-c2ccccn2)n1. The van der Waals surface area contributed by atoms with E-state index >= 15 is 0 Å². The number of carboxylic acid groups (broad SMARTS) is 1. The van der Waals surface area contributed by atoms with Crippen LogP contribution in [-0.4, -0.2) is 26.0 Å². The lowest BCUT2D eigenvalue weighted by molar-refractivity contribution is 0.0690. The molecule has 5 heteroatoms. The van der Waals surface area contributed by atoms with Crippen molar-refractivity contribution in [2.45, 2.75) is 0 Å². The third kappa shape index (κ3) is 2.62. The van der Waals surface area contributed by atoms with Gasteiger partial charge in [-0.2, -0.15) is 0 Å². The van der Waals surface area contributed by atoms with E-state index in [1.807, 2.05) is 30.3 Å². The summed E-state index contributed by atoms with van der Waals surface area (Å²) in [5.41, 5.74) is 2.69. The fourth-order valence-electron chi connectivity index (χ4n) is 2.02. The van der Waals surface area contributed by atoms with E-state index in [9.17, 15) is 4.79 Å². The summed E-state index contributed by atoms with van der Waals surface area (Å²) < 4.78 is 0. The van der Waals surface area contributed by atoms with Crippen molar-refractivity contribution >= 4 is 5.97 Å². The summed E-state index contributed by atoms with van der Waals surface area (Å²) in [5.74, 6) is -1.06. The normalized spacial score (nSPS) is 10.3. The number of carbonyl (C=O) groups is 1. The van der Waals surface area contributed by atoms with Crippen LogP contribution in [0.4, 0.5) is 0 Å². The van der Waals surface area contributed by atoms with Gasteiger partial charge in [0.15, 0.2) is 0 Å². The molecule has 0 bridgehead atoms. The summed E-state index contributed by atoms with van der Waals surface area (Å²) in [7, 11) is 0. The Balaban J connectivity index is 2.16. The van der Waals surface area contributed by atoms with Gasteiger partial charge in [0.2, 0.25) is 0 Å². The molecule has 0 fully saturated rings. The van der Waals surface area contributed by atoms with Gasteiger partial charge in [0.1, 0.15) is 5.69 Å². The van der Waals surface area contributed by atoms with Gasteiger partial charge >= 0.3 is 5.97 Å². The second-order valence-corrected chi connectivity index (χ2v) is 4.33. The Morgan fingerprint density at radius 3 is 2.43 bits per heavy atom. The number of pyridine rings is 3. The highest BCUT2D eigenvalue weighted by Gasteiger charge is 2.12. The number of carboxylic acids is 1. The Kier molecular flexibility index (Phi) is 3.39. The van der Waals surface area contributed by atoms with Crippen LogP contribution in [0, 0.1) is 0 Å². The molecule has 0 aliphatic rings. The topological polar surface area (TPSA) is 76.0 Å². The van der Waals surface area contributed by atoms with Gasteiger partial charge in [0, 0.05) is 18.0 Å². The average Bonchev–Trinajstić information content (AvgIpc) is 2.56. The number of rotatable bonds is 3. The van der Waals surface area contributed by atoms with Crippen molar-refractivity contribution in [2.75, 3.05) is 0 Å². The summed E-state index contributed by atoms with van der Waals surface area (Å²) in [5, 5.41) is 9.05. The standard InChI is InChI=1S/C16H11N3O2/c20-16(21)14-8-3-7-13(19-14)15-11(5-4-10-18-15)12-6-1-2-9-17-12/h1-10H,(H,20,21). The molecule has 0 aliphatic carbocycles. The molecule has 0 aliphatic heterocycles. The molecule has 0 aromatic carbocycles. The van der Waals surface area contributed by atoms with Crippen LogP contribution >= 0.6 is 0 Å². The number of aromatic nitrogens is 3. The Hall–Kier alpha value is -3.08. The van der Waals surface area contributed by atoms with Crippen LogP contribution in [0.15, 0.2) is 60.9 Å². The molecule has 0 unspecified atom stereocenters. The van der Waals surface area contributed by atoms with E-state index in [2.05, 4.69) is 15.0 Å². The summed E-state index contributed by atoms with van der Waals surface area (Å²) in [6, 6.07) is 14.2. The first kappa shape index (κ1) is 12.9. The molecule has 3 aromatic heterocycles. The minimum Gasteiger partial charge on any atom is -0.477 e. The van der Waals surface area contributed by atoms with Crippen molar-refractivity contribution in [3.05, 3.63) is 66.6 Å². The molecule has 0 saturated heterocycles. The Labute approximate surface area is 121 Å². The van der Waals surface area contributed by atoms with Crippen LogP contribution in [0.5, 0.6) is 0 Å². The number of hydrogen-bond acceptors (Lipinski definition) is 4. The number of nitrogens with zero attached hydrogens (tertiary/aromatic N) is 3. The lowest BCUT2D eigenvalue weighted by Gasteiger charge is -2.07. The van der Waals surface area contributed by atoms with E-state index in [1.165, 1.54) is 6.07 Å². The van der Waals surface area contributed by atoms with Crippen LogP contribution in [0.3, 0.4) is 0 Å². The lowest BCUT2D eigenvalue weighted by atomic mass is 10.1. The Bertz CT molecular complexity index is 788. The summed E-state index contributed by atoms with van der Waals surface area (Å²) in [4.78, 5) is 23.8. The van der Waals surface area contributed by atoms with Crippen molar-refractivity contribution in [3.63, 3.8) is 0 Å². The van der Waals surface area contributed by atoms with Gasteiger partial charge in [-0.3, -0.25) is 9.97 Å². The second kappa shape index (κ2) is 5.50. The molecule has 102 valence electrons. The Morgan fingerprint density at radius 1 is 0.857 bits per heavy atom. The zero-order chi connectivity index (χ0) is 14.7. The molecule has 3 rings (SSSR count). The maximum atomic E-state index is 11.0. The zero-order valence-electron chi connectivity index (χ0n) is 11.0. The fraction of sp³-hybridized carbons (Fsp3) is 0. The minimum absolute atomic E-state index is 0.00914. The monoisotopic (exact) mass is 277 g/mol. The molecule has 0 spiro atoms. The maximum Gasteiger partial charge on any atom is 0.354 e. The molecule has 0 atom stereocenters. The summed E-state index contributed by atoms with van der Waals surface area (Å²) in [6.45, 7) is 0. The molecule has 0 saturated carbocycles. The highest BCUT2D eigenvalue weighted by Crippen LogP contribution is 2.27. The van der Waals surface area contributed by atoms with Gasteiger partial charge in [0.25, 0.3) is 0 Å². The first-order valence-corrected chi connectivity index (χ1v) is 6.33. The fourth-order valence-corrected chi connectivity index (χ4v) is 2.02. The number of hydrogen-bond donors (Lipinski definition) is 1. The van der Waals surface area contributed by atoms with Crippen LogP contribution in [0.2, 0.25) is 0 Å². The van der Waals surface area contributed by atoms with E-state index in [1.54, 1.807) is 24.5 Å². The smallest absolute Gasteiger partial charge is 0.354 e. The zero-order valence-corrected chi connectivity index (χ0v) is 11.0. The third-order valence-corrected chi connectivity index (χ3v) is 2.96. The molecular formula is C16H11N3O2. The highest BCUT2D eigenvalue weighted by molar-refractivity contribution is 5.86. The molecule has 3 aromatic rings. The average molecular weight is 277 g/mol. The predicted molar refractivity (Wildman–Crippen MR) is 77.7 cm³/mol. The van der Waals surface area contributed by atoms with Gasteiger partial charge in [0.05, 0.1) is 17.1 Å². The highest BCUT2D eigenvalue weighted by atomic mass is 16.4. The maximum absolute atomic E-state index is 11.0. The molecule has 21 heavy (non-hydrogen) atoms. The quantitative estimate of drug-likeness (QED) is 0.796. The van der Waals surface area contributed by atoms with Gasteiger partial charge < -0.3 is 5.11 Å². The molecule has 0 amide bonds. The number of aromatic carboxylic acids is 1. The van der Waals surface area contributed by atoms with Crippen LogP contribution in [0.1, 0.15) is 10.5 Å². The van der Waals surface area contributed by atoms with Crippen molar-refractivity contribution in [2.24, 2.45) is 0 Å². The first-order valence-electron chi connectivity index (χ1n) is 6.33. The van der Waals surface area contributed by atoms with E-state index in [0.29, 0.717) is 11.4 Å². The second-order valence-electron chi connectivity index (χ2n) is 4.33. The minimum atomic E-state index is -1.06. The van der Waals surface area contributed by atoms with Crippen molar-refractivity contribution < 1.29 is 9.90 Å². The van der Waals surface area contributed by atoms with Gasteiger partial charge in [-0.25, -0.2) is 9.78 Å². The van der Waals surface area contributed by atoms with E-state index in [0.717, 1.165) is 11.3 Å². The van der Waals surface area contributed by atoms with Crippen LogP contribution in [-0.2, 0) is 0 Å². The predicted octanol–water partition coefficient (Wildman–Crippen LogP) is 2.90. The van der Waals surface area contributed by atoms with E-state index < -0.39 is 5.97 Å². The van der Waals surface area contributed by atoms with Gasteiger partial charge in [-0.15, -0.1) is 0 Å². The lowest BCUT2D eigenvalue weighted by Crippen LogP contribution is -2.01. The third-order valence-electron chi connectivity index (χ3n) is 2.96. The summed E-state index contributed by atoms with van der Waals surface area (Å²) in [6.07, 6.45) is 3.35. The van der Waals surface area contributed by atoms with Crippen LogP contribution < -0.4 is 0 Å². The van der Waals surface area contributed by atoms with Crippen molar-refractivity contribution in [3.8, 4) is 22.6 Å². The Morgan fingerprint density at radius 2 is 1.67 bits per heavy atom.